The molecule has 0 fully saturated rings. The first kappa shape index (κ1) is 19.5. The molecule has 138 valence electrons. The number of fused-ring (bicyclic) bond motifs is 1. The number of nitrogens with one attached hydrogen (secondary N) is 3. The normalized spacial score (nSPS) is 19.1. The van der Waals surface area contributed by atoms with Gasteiger partial charge in [-0.1, -0.05) is 6.58 Å². The Morgan fingerprint density at radius 1 is 1.36 bits per heavy atom. The number of quaternary nitrogens is 1. The zero-order valence-electron chi connectivity index (χ0n) is 15.6. The molecule has 1 heterocycles. The molecule has 5 nitrogen and oxygen atoms in total. The molecule has 0 aliphatic carbocycles. The minimum atomic E-state index is 0.286. The number of rotatable bonds is 7. The number of benzene rings is 1. The van der Waals surface area contributed by atoms with Gasteiger partial charge in [-0.05, 0) is 49.8 Å². The van der Waals surface area contributed by atoms with Gasteiger partial charge in [0.25, 0.3) is 0 Å². The summed E-state index contributed by atoms with van der Waals surface area (Å²) in [6.07, 6.45) is 3.00. The Morgan fingerprint density at radius 3 is 2.64 bits per heavy atom. The average Bonchev–Trinajstić information content (AvgIpc) is 2.59. The highest BCUT2D eigenvalue weighted by atomic mass is 32.1. The summed E-state index contributed by atoms with van der Waals surface area (Å²) in [6, 6.07) is 4.83. The van der Waals surface area contributed by atoms with E-state index in [0.29, 0.717) is 11.2 Å². The van der Waals surface area contributed by atoms with Gasteiger partial charge in [0, 0.05) is 18.0 Å². The fourth-order valence-corrected chi connectivity index (χ4v) is 3.68. The predicted octanol–water partition coefficient (Wildman–Crippen LogP) is 1.24. The summed E-state index contributed by atoms with van der Waals surface area (Å²) >= 11 is 5.39. The third-order valence-corrected chi connectivity index (χ3v) is 4.78. The monoisotopic (exact) mass is 364 g/mol. The zero-order valence-corrected chi connectivity index (χ0v) is 16.5. The average molecular weight is 365 g/mol. The molecule has 2 atom stereocenters. The molecule has 1 aliphatic heterocycles. The quantitative estimate of drug-likeness (QED) is 0.502. The van der Waals surface area contributed by atoms with Gasteiger partial charge in [0.1, 0.15) is 6.04 Å². The van der Waals surface area contributed by atoms with E-state index in [1.165, 1.54) is 16.0 Å². The number of hydrogen-bond acceptors (Lipinski definition) is 3. The van der Waals surface area contributed by atoms with Crippen LogP contribution in [0.25, 0.3) is 0 Å². The van der Waals surface area contributed by atoms with Crippen LogP contribution in [-0.4, -0.2) is 45.0 Å². The Hall–Kier alpha value is -1.79. The highest BCUT2D eigenvalue weighted by Crippen LogP contribution is 2.33. The number of ether oxygens (including phenoxy) is 2. The summed E-state index contributed by atoms with van der Waals surface area (Å²) in [6.45, 7) is 10.8. The van der Waals surface area contributed by atoms with Crippen molar-refractivity contribution in [2.75, 3.05) is 33.9 Å². The molecule has 1 unspecified atom stereocenters. The maximum Gasteiger partial charge on any atom is 0.166 e. The van der Waals surface area contributed by atoms with Crippen molar-refractivity contribution in [3.63, 3.8) is 0 Å². The molecule has 0 saturated heterocycles. The molecule has 6 heteroatoms. The van der Waals surface area contributed by atoms with Crippen molar-refractivity contribution in [1.82, 2.24) is 10.6 Å². The second-order valence-electron chi connectivity index (χ2n) is 6.62. The van der Waals surface area contributed by atoms with E-state index in [0.717, 1.165) is 37.6 Å². The SMILES string of the molecule is C=CC[NH+]1CCc2cc(OC)c(OC)cc2[C@H]1CNC(=S)NC(C)C. The van der Waals surface area contributed by atoms with Crippen LogP contribution < -0.4 is 25.0 Å². The van der Waals surface area contributed by atoms with E-state index in [1.54, 1.807) is 14.2 Å². The molecule has 1 aliphatic rings. The van der Waals surface area contributed by atoms with Crippen molar-refractivity contribution >= 4 is 17.3 Å². The van der Waals surface area contributed by atoms with Crippen molar-refractivity contribution in [2.24, 2.45) is 0 Å². The lowest BCUT2D eigenvalue weighted by molar-refractivity contribution is -0.927. The maximum absolute atomic E-state index is 5.51. The summed E-state index contributed by atoms with van der Waals surface area (Å²) in [5.74, 6) is 1.56. The van der Waals surface area contributed by atoms with Gasteiger partial charge in [-0.25, -0.2) is 0 Å². The zero-order chi connectivity index (χ0) is 18.4. The molecule has 1 aromatic carbocycles. The van der Waals surface area contributed by atoms with Gasteiger partial charge in [0.2, 0.25) is 0 Å². The summed E-state index contributed by atoms with van der Waals surface area (Å²) in [5.41, 5.74) is 2.61. The molecular weight excluding hydrogens is 334 g/mol. The van der Waals surface area contributed by atoms with E-state index in [1.807, 2.05) is 6.08 Å². The molecule has 2 rings (SSSR count). The molecule has 1 aromatic rings. The number of thiocarbonyl (C=S) groups is 1. The van der Waals surface area contributed by atoms with Gasteiger partial charge < -0.3 is 25.0 Å². The van der Waals surface area contributed by atoms with E-state index < -0.39 is 0 Å². The number of hydrogen-bond donors (Lipinski definition) is 3. The van der Waals surface area contributed by atoms with Crippen LogP contribution in [0.2, 0.25) is 0 Å². The summed E-state index contributed by atoms with van der Waals surface area (Å²) < 4.78 is 11.0. The fourth-order valence-electron chi connectivity index (χ4n) is 3.36. The Bertz CT molecular complexity index is 619. The highest BCUT2D eigenvalue weighted by Gasteiger charge is 2.31. The van der Waals surface area contributed by atoms with Crippen LogP contribution >= 0.6 is 12.2 Å². The van der Waals surface area contributed by atoms with Gasteiger partial charge in [0.05, 0.1) is 33.9 Å². The van der Waals surface area contributed by atoms with Crippen LogP contribution in [0.4, 0.5) is 0 Å². The van der Waals surface area contributed by atoms with Crippen LogP contribution in [0.5, 0.6) is 11.5 Å². The van der Waals surface area contributed by atoms with Crippen molar-refractivity contribution in [1.29, 1.82) is 0 Å². The lowest BCUT2D eigenvalue weighted by atomic mass is 9.91. The summed E-state index contributed by atoms with van der Waals surface area (Å²) in [5, 5.41) is 7.31. The number of methoxy groups -OCH3 is 2. The van der Waals surface area contributed by atoms with Crippen LogP contribution in [0, 0.1) is 0 Å². The summed E-state index contributed by atoms with van der Waals surface area (Å²) in [7, 11) is 3.35. The topological polar surface area (TPSA) is 47.0 Å². The van der Waals surface area contributed by atoms with Crippen molar-refractivity contribution in [2.45, 2.75) is 32.4 Å². The smallest absolute Gasteiger partial charge is 0.166 e. The Labute approximate surface area is 156 Å². The molecule has 0 saturated carbocycles. The van der Waals surface area contributed by atoms with Crippen LogP contribution in [-0.2, 0) is 6.42 Å². The third kappa shape index (κ3) is 4.86. The third-order valence-electron chi connectivity index (χ3n) is 4.52. The van der Waals surface area contributed by atoms with Gasteiger partial charge in [0.15, 0.2) is 16.6 Å². The minimum Gasteiger partial charge on any atom is -0.493 e. The standard InChI is InChI=1S/C19H29N3O2S/c1-6-8-22-9-7-14-10-17(23-4)18(24-5)11-15(14)16(22)12-20-19(25)21-13(2)3/h6,10-11,13,16H,1,7-9,12H2,2-5H3,(H2,20,21,25)/p+1/t16-/m1/s1. The second-order valence-corrected chi connectivity index (χ2v) is 7.03. The van der Waals surface area contributed by atoms with E-state index in [-0.39, 0.29) is 6.04 Å². The van der Waals surface area contributed by atoms with Gasteiger partial charge >= 0.3 is 0 Å². The van der Waals surface area contributed by atoms with E-state index in [9.17, 15) is 0 Å². The first-order valence-corrected chi connectivity index (χ1v) is 9.15. The Morgan fingerprint density at radius 2 is 2.04 bits per heavy atom. The lowest BCUT2D eigenvalue weighted by Crippen LogP contribution is -3.13. The van der Waals surface area contributed by atoms with Crippen LogP contribution in [0.3, 0.4) is 0 Å². The lowest BCUT2D eigenvalue weighted by Gasteiger charge is -2.34. The molecule has 0 bridgehead atoms. The van der Waals surface area contributed by atoms with Gasteiger partial charge in [-0.3, -0.25) is 0 Å². The fraction of sp³-hybridized carbons (Fsp3) is 0.526. The molecule has 0 amide bonds. The first-order chi connectivity index (χ1) is 12.0. The van der Waals surface area contributed by atoms with E-state index >= 15 is 0 Å². The van der Waals surface area contributed by atoms with E-state index in [2.05, 4.69) is 43.2 Å². The van der Waals surface area contributed by atoms with Gasteiger partial charge in [-0.2, -0.15) is 0 Å². The maximum atomic E-state index is 5.51. The minimum absolute atomic E-state index is 0.286. The van der Waals surface area contributed by atoms with Crippen LogP contribution in [0.1, 0.15) is 31.0 Å². The molecule has 0 radical (unpaired) electrons. The van der Waals surface area contributed by atoms with Crippen molar-refractivity contribution < 1.29 is 14.4 Å². The molecular formula is C19H30N3O2S+. The molecule has 3 N–H and O–H groups in total. The Balaban J connectivity index is 2.27. The molecule has 0 spiro atoms. The molecule has 25 heavy (non-hydrogen) atoms. The second kappa shape index (κ2) is 9.06. The summed E-state index contributed by atoms with van der Waals surface area (Å²) in [4.78, 5) is 1.48. The van der Waals surface area contributed by atoms with E-state index in [4.69, 9.17) is 21.7 Å². The predicted molar refractivity (Wildman–Crippen MR) is 106 cm³/mol. The van der Waals surface area contributed by atoms with Crippen LogP contribution in [0.15, 0.2) is 24.8 Å². The molecule has 0 aromatic heterocycles. The van der Waals surface area contributed by atoms with Gasteiger partial charge in [-0.15, -0.1) is 0 Å². The van der Waals surface area contributed by atoms with Crippen molar-refractivity contribution in [3.05, 3.63) is 35.9 Å². The Kier molecular flexibility index (Phi) is 7.08. The largest absolute Gasteiger partial charge is 0.493 e. The first-order valence-electron chi connectivity index (χ1n) is 8.74. The van der Waals surface area contributed by atoms with Crippen molar-refractivity contribution in [3.8, 4) is 11.5 Å². The highest BCUT2D eigenvalue weighted by molar-refractivity contribution is 7.80.